The third-order valence-corrected chi connectivity index (χ3v) is 2.58. The third-order valence-electron chi connectivity index (χ3n) is 1.83. The Morgan fingerprint density at radius 3 is 2.42 bits per heavy atom. The molecule has 0 spiro atoms. The molecule has 1 heterocycles. The normalized spacial score (nSPS) is 9.11. The molecule has 0 atom stereocenters. The number of guanidine groups is 1. The van der Waals surface area contributed by atoms with Gasteiger partial charge in [0, 0.05) is 16.9 Å². The van der Waals surface area contributed by atoms with Gasteiger partial charge in [0.25, 0.3) is 5.13 Å². The average Bonchev–Trinajstić information content (AvgIpc) is 2.77. The van der Waals surface area contributed by atoms with Crippen LogP contribution in [0, 0.1) is 0 Å². The maximum atomic E-state index is 8.89. The van der Waals surface area contributed by atoms with E-state index in [0.29, 0.717) is 5.13 Å². The summed E-state index contributed by atoms with van der Waals surface area (Å²) in [6, 6.07) is 9.94. The maximum absolute atomic E-state index is 8.89. The van der Waals surface area contributed by atoms with E-state index in [9.17, 15) is 0 Å². The van der Waals surface area contributed by atoms with Gasteiger partial charge in [0.15, 0.2) is 0 Å². The van der Waals surface area contributed by atoms with E-state index in [4.69, 9.17) is 21.4 Å². The molecule has 1 aromatic carbocycles. The highest BCUT2D eigenvalue weighted by Gasteiger charge is 2.06. The first kappa shape index (κ1) is 14.7. The number of nitrogens with zero attached hydrogens (tertiary/aromatic N) is 1. The highest BCUT2D eigenvalue weighted by atomic mass is 32.1. The van der Waals surface area contributed by atoms with Crippen LogP contribution in [0.15, 0.2) is 35.7 Å². The van der Waals surface area contributed by atoms with E-state index >= 15 is 0 Å². The van der Waals surface area contributed by atoms with Crippen LogP contribution in [0.2, 0.25) is 0 Å². The van der Waals surface area contributed by atoms with Gasteiger partial charge in [-0.25, -0.2) is 4.99 Å². The highest BCUT2D eigenvalue weighted by molar-refractivity contribution is 7.13. The molecule has 7 heteroatoms. The minimum absolute atomic E-state index is 0.156. The minimum atomic E-state index is -1.08. The van der Waals surface area contributed by atoms with E-state index < -0.39 is 5.97 Å². The summed E-state index contributed by atoms with van der Waals surface area (Å²) in [5.41, 5.74) is 12.6. The molecule has 100 valence electrons. The number of carbonyl (C=O) groups is 1. The lowest BCUT2D eigenvalue weighted by Gasteiger charge is -1.90. The number of aliphatic carboxylic acids is 1. The fourth-order valence-electron chi connectivity index (χ4n) is 1.20. The molecular formula is C12H14N4O2S. The molecule has 0 saturated carbocycles. The zero-order chi connectivity index (χ0) is 14.3. The van der Waals surface area contributed by atoms with Gasteiger partial charge in [-0.1, -0.05) is 41.7 Å². The van der Waals surface area contributed by atoms with E-state index in [1.807, 2.05) is 35.7 Å². The fourth-order valence-corrected chi connectivity index (χ4v) is 1.94. The first-order valence-electron chi connectivity index (χ1n) is 5.32. The summed E-state index contributed by atoms with van der Waals surface area (Å²) in [7, 11) is 0. The second-order valence-corrected chi connectivity index (χ2v) is 4.33. The highest BCUT2D eigenvalue weighted by Crippen LogP contribution is 2.21. The molecule has 0 amide bonds. The number of nitrogens with one attached hydrogen (secondary N) is 1. The van der Waals surface area contributed by atoms with Crippen LogP contribution in [0.4, 0.5) is 5.13 Å². The Morgan fingerprint density at radius 1 is 1.32 bits per heavy atom. The van der Waals surface area contributed by atoms with E-state index in [1.54, 1.807) is 0 Å². The van der Waals surface area contributed by atoms with Gasteiger partial charge in [-0.05, 0) is 6.92 Å². The van der Waals surface area contributed by atoms with Gasteiger partial charge in [0.2, 0.25) is 0 Å². The summed E-state index contributed by atoms with van der Waals surface area (Å²) < 4.78 is 0. The fraction of sp³-hybridized carbons (Fsp3) is 0.0833. The molecule has 0 aliphatic rings. The zero-order valence-electron chi connectivity index (χ0n) is 10.3. The number of aromatic nitrogens is 1. The second-order valence-electron chi connectivity index (χ2n) is 3.48. The van der Waals surface area contributed by atoms with Crippen molar-refractivity contribution in [1.29, 1.82) is 0 Å². The molecule has 0 saturated heterocycles. The molecule has 0 fully saturated rings. The SMILES string of the molecule is CC(=O)[O-].NC(N)=[NH+]c1nc(-c2ccccc2)cs1. The summed E-state index contributed by atoms with van der Waals surface area (Å²) in [4.78, 5) is 16.0. The Bertz CT molecular complexity index is 558. The molecule has 0 radical (unpaired) electrons. The van der Waals surface area contributed by atoms with Crippen LogP contribution < -0.4 is 21.6 Å². The van der Waals surface area contributed by atoms with Crippen LogP contribution in [-0.2, 0) is 4.79 Å². The number of rotatable bonds is 2. The van der Waals surface area contributed by atoms with E-state index in [1.165, 1.54) is 11.3 Å². The number of hydrogen-bond acceptors (Lipinski definition) is 4. The minimum Gasteiger partial charge on any atom is -0.550 e. The smallest absolute Gasteiger partial charge is 0.303 e. The Balaban J connectivity index is 0.000000399. The predicted octanol–water partition coefficient (Wildman–Crippen LogP) is -1.45. The van der Waals surface area contributed by atoms with Crippen molar-refractivity contribution in [3.63, 3.8) is 0 Å². The van der Waals surface area contributed by atoms with Crippen LogP contribution in [0.1, 0.15) is 6.92 Å². The van der Waals surface area contributed by atoms with Crippen LogP contribution in [0.3, 0.4) is 0 Å². The second kappa shape index (κ2) is 7.12. The van der Waals surface area contributed by atoms with Crippen LogP contribution in [-0.4, -0.2) is 16.9 Å². The van der Waals surface area contributed by atoms with Gasteiger partial charge in [0.1, 0.15) is 5.69 Å². The predicted molar refractivity (Wildman–Crippen MR) is 72.2 cm³/mol. The molecule has 0 unspecified atom stereocenters. The molecule has 0 bridgehead atoms. The number of carbonyl (C=O) groups excluding carboxylic acids is 1. The molecule has 0 aliphatic heterocycles. The summed E-state index contributed by atoms with van der Waals surface area (Å²) in [5, 5.41) is 11.6. The number of thiazole rings is 1. The lowest BCUT2D eigenvalue weighted by molar-refractivity contribution is -0.355. The van der Waals surface area contributed by atoms with Gasteiger partial charge in [-0.15, -0.1) is 4.98 Å². The lowest BCUT2D eigenvalue weighted by atomic mass is 10.2. The molecular weight excluding hydrogens is 264 g/mol. The van der Waals surface area contributed by atoms with Gasteiger partial charge in [-0.2, -0.15) is 0 Å². The molecule has 0 aliphatic carbocycles. The van der Waals surface area contributed by atoms with Gasteiger partial charge >= 0.3 is 5.96 Å². The first-order valence-corrected chi connectivity index (χ1v) is 6.20. The molecule has 19 heavy (non-hydrogen) atoms. The summed E-state index contributed by atoms with van der Waals surface area (Å²) in [6.45, 7) is 0.972. The Kier molecular flexibility index (Phi) is 5.49. The van der Waals surface area contributed by atoms with Crippen molar-refractivity contribution in [2.75, 3.05) is 0 Å². The van der Waals surface area contributed by atoms with Crippen LogP contribution in [0.25, 0.3) is 11.3 Å². The standard InChI is InChI=1S/C10H10N4S.C2H4O2/c11-9(12)14-10-13-8(6-15-10)7-4-2-1-3-5-7;1-2(3)4/h1-6H,(H4,11,12,13,14);1H3,(H,3,4). The number of nitrogens with two attached hydrogens (primary N) is 2. The summed E-state index contributed by atoms with van der Waals surface area (Å²) in [6.07, 6.45) is 0. The van der Waals surface area contributed by atoms with Gasteiger partial charge in [0.05, 0.1) is 0 Å². The number of carboxylic acid groups (broad SMARTS) is 1. The molecule has 2 aromatic rings. The van der Waals surface area contributed by atoms with E-state index in [-0.39, 0.29) is 5.96 Å². The first-order chi connectivity index (χ1) is 8.99. The van der Waals surface area contributed by atoms with Crippen molar-refractivity contribution in [2.24, 2.45) is 11.5 Å². The number of hydrogen-bond donors (Lipinski definition) is 3. The number of benzene rings is 1. The lowest BCUT2D eigenvalue weighted by Crippen LogP contribution is -2.72. The van der Waals surface area contributed by atoms with Crippen molar-refractivity contribution >= 4 is 28.4 Å². The maximum Gasteiger partial charge on any atom is 0.303 e. The summed E-state index contributed by atoms with van der Waals surface area (Å²) >= 11 is 1.47. The van der Waals surface area contributed by atoms with Crippen LogP contribution >= 0.6 is 11.3 Å². The van der Waals surface area contributed by atoms with Gasteiger partial charge in [-0.3, -0.25) is 0 Å². The van der Waals surface area contributed by atoms with Crippen LogP contribution in [0.5, 0.6) is 0 Å². The monoisotopic (exact) mass is 278 g/mol. The van der Waals surface area contributed by atoms with Crippen molar-refractivity contribution in [3.8, 4) is 11.3 Å². The third kappa shape index (κ3) is 5.64. The van der Waals surface area contributed by atoms with Crippen molar-refractivity contribution in [2.45, 2.75) is 6.92 Å². The zero-order valence-corrected chi connectivity index (χ0v) is 11.1. The molecule has 2 rings (SSSR count). The van der Waals surface area contributed by atoms with E-state index in [0.717, 1.165) is 18.2 Å². The topological polar surface area (TPSA) is 119 Å². The molecule has 6 nitrogen and oxygen atoms in total. The van der Waals surface area contributed by atoms with Crippen molar-refractivity contribution < 1.29 is 14.9 Å². The molecule has 5 N–H and O–H groups in total. The van der Waals surface area contributed by atoms with Crippen molar-refractivity contribution in [1.82, 2.24) is 4.98 Å². The quantitative estimate of drug-likeness (QED) is 0.459. The Morgan fingerprint density at radius 2 is 1.89 bits per heavy atom. The molecule has 1 aromatic heterocycles. The van der Waals surface area contributed by atoms with Gasteiger partial charge < -0.3 is 21.4 Å². The van der Waals surface area contributed by atoms with Crippen molar-refractivity contribution in [3.05, 3.63) is 35.7 Å². The largest absolute Gasteiger partial charge is 0.550 e. The summed E-state index contributed by atoms with van der Waals surface area (Å²) in [5.74, 6) is -0.927. The number of carboxylic acids is 1. The Labute approximate surface area is 114 Å². The Hall–Kier alpha value is -2.41. The van der Waals surface area contributed by atoms with E-state index in [2.05, 4.69) is 9.98 Å². The average molecular weight is 278 g/mol.